The molecular weight excluding hydrogens is 312 g/mol. The van der Waals surface area contributed by atoms with Crippen LogP contribution in [0.4, 0.5) is 0 Å². The highest BCUT2D eigenvalue weighted by Gasteiger charge is 2.58. The fourth-order valence-electron chi connectivity index (χ4n) is 2.57. The van der Waals surface area contributed by atoms with Crippen LogP contribution < -0.4 is 0 Å². The molecule has 2 fully saturated rings. The Morgan fingerprint density at radius 3 is 2.30 bits per heavy atom. The number of fused-ring (bicyclic) bond motifs is 3. The average molecular weight is 332 g/mol. The van der Waals surface area contributed by atoms with Crippen LogP contribution in [-0.2, 0) is 28.6 Å². The zero-order valence-electron chi connectivity index (χ0n) is 12.5. The molecule has 9 nitrogen and oxygen atoms in total. The lowest BCUT2D eigenvalue weighted by Crippen LogP contribution is -2.55. The molecule has 0 aromatic rings. The molecular formula is C14H20O9. The van der Waals surface area contributed by atoms with Gasteiger partial charge in [0.15, 0.2) is 5.60 Å². The van der Waals surface area contributed by atoms with Gasteiger partial charge in [0, 0.05) is 6.61 Å². The van der Waals surface area contributed by atoms with Crippen molar-refractivity contribution in [1.82, 2.24) is 0 Å². The Kier molecular flexibility index (Phi) is 5.23. The molecule has 2 saturated heterocycles. The first-order valence-electron chi connectivity index (χ1n) is 7.49. The Morgan fingerprint density at radius 1 is 0.957 bits per heavy atom. The van der Waals surface area contributed by atoms with Gasteiger partial charge in [-0.2, -0.15) is 0 Å². The van der Waals surface area contributed by atoms with E-state index in [-0.39, 0.29) is 13.0 Å². The fraction of sp³-hybridized carbons (Fsp3) is 0.786. The van der Waals surface area contributed by atoms with Crippen LogP contribution >= 0.6 is 0 Å². The van der Waals surface area contributed by atoms with Crippen LogP contribution in [0.3, 0.4) is 0 Å². The number of rotatable bonds is 6. The molecule has 0 amide bonds. The smallest absolute Gasteiger partial charge is 0.413 e. The van der Waals surface area contributed by atoms with Gasteiger partial charge < -0.3 is 29.5 Å². The molecule has 0 saturated carbocycles. The van der Waals surface area contributed by atoms with Gasteiger partial charge in [-0.25, -0.2) is 4.79 Å². The van der Waals surface area contributed by atoms with E-state index in [2.05, 4.69) is 0 Å². The number of unbranched alkanes of at least 4 members (excludes halogenated alkanes) is 3. The third kappa shape index (κ3) is 3.98. The van der Waals surface area contributed by atoms with E-state index in [0.29, 0.717) is 19.3 Å². The third-order valence-electron chi connectivity index (χ3n) is 3.81. The maximum atomic E-state index is 11.9. The monoisotopic (exact) mass is 332 g/mol. The molecule has 9 heteroatoms. The summed E-state index contributed by atoms with van der Waals surface area (Å²) in [6.07, 6.45) is -0.326. The van der Waals surface area contributed by atoms with Gasteiger partial charge >= 0.3 is 23.9 Å². The van der Waals surface area contributed by atoms with E-state index in [1.54, 1.807) is 0 Å². The van der Waals surface area contributed by atoms with Crippen LogP contribution in [0.5, 0.6) is 0 Å². The van der Waals surface area contributed by atoms with Crippen molar-refractivity contribution in [3.63, 3.8) is 0 Å². The molecule has 0 aliphatic carbocycles. The Labute approximate surface area is 132 Å². The molecule has 0 aromatic heterocycles. The lowest BCUT2D eigenvalue weighted by Gasteiger charge is -2.34. The number of ether oxygens (including phenoxy) is 3. The number of carbonyl (C=O) groups excluding carboxylic acids is 3. The van der Waals surface area contributed by atoms with Gasteiger partial charge in [-0.3, -0.25) is 9.59 Å². The third-order valence-corrected chi connectivity index (χ3v) is 3.81. The first-order valence-corrected chi connectivity index (χ1v) is 7.49. The van der Waals surface area contributed by atoms with Gasteiger partial charge in [0.05, 0.1) is 12.8 Å². The van der Waals surface area contributed by atoms with E-state index in [1.807, 2.05) is 0 Å². The minimum Gasteiger partial charge on any atom is -0.451 e. The molecule has 0 aromatic carbocycles. The predicted molar refractivity (Wildman–Crippen MR) is 71.4 cm³/mol. The van der Waals surface area contributed by atoms with E-state index in [0.717, 1.165) is 6.42 Å². The highest BCUT2D eigenvalue weighted by atomic mass is 16.9. The quantitative estimate of drug-likeness (QED) is 0.417. The Morgan fingerprint density at radius 2 is 1.61 bits per heavy atom. The molecule has 23 heavy (non-hydrogen) atoms. The van der Waals surface area contributed by atoms with E-state index >= 15 is 0 Å². The number of hydrogen-bond donors (Lipinski definition) is 3. The minimum atomic E-state index is -2.74. The molecule has 2 aliphatic rings. The van der Waals surface area contributed by atoms with Crippen molar-refractivity contribution < 1.29 is 43.9 Å². The zero-order valence-corrected chi connectivity index (χ0v) is 12.5. The normalized spacial score (nSPS) is 34.0. The summed E-state index contributed by atoms with van der Waals surface area (Å²) >= 11 is 0. The number of esters is 3. The highest BCUT2D eigenvalue weighted by molar-refractivity contribution is 5.91. The largest absolute Gasteiger partial charge is 0.451 e. The first kappa shape index (κ1) is 17.6. The molecule has 2 heterocycles. The summed E-state index contributed by atoms with van der Waals surface area (Å²) in [6.45, 7) is 0.0656. The second-order valence-corrected chi connectivity index (χ2v) is 5.78. The van der Waals surface area contributed by atoms with Gasteiger partial charge in [0.1, 0.15) is 0 Å². The number of aliphatic hydroxyl groups is 3. The van der Waals surface area contributed by atoms with Crippen LogP contribution in [0.25, 0.3) is 0 Å². The second kappa shape index (κ2) is 6.81. The molecule has 2 rings (SSSR count). The molecule has 3 unspecified atom stereocenters. The summed E-state index contributed by atoms with van der Waals surface area (Å²) in [6, 6.07) is 0. The van der Waals surface area contributed by atoms with E-state index in [9.17, 15) is 24.6 Å². The van der Waals surface area contributed by atoms with Crippen molar-refractivity contribution in [2.24, 2.45) is 0 Å². The summed E-state index contributed by atoms with van der Waals surface area (Å²) in [7, 11) is 0. The summed E-state index contributed by atoms with van der Waals surface area (Å²) in [5.74, 6) is -6.04. The lowest BCUT2D eigenvalue weighted by molar-refractivity contribution is -0.363. The van der Waals surface area contributed by atoms with Crippen molar-refractivity contribution in [3.8, 4) is 0 Å². The van der Waals surface area contributed by atoms with E-state index < -0.39 is 48.4 Å². The highest BCUT2D eigenvalue weighted by Crippen LogP contribution is 2.35. The number of hydrogen-bond acceptors (Lipinski definition) is 9. The molecule has 0 spiro atoms. The number of cyclic esters (lactones) is 1. The first-order chi connectivity index (χ1) is 10.8. The van der Waals surface area contributed by atoms with Gasteiger partial charge in [-0.05, 0) is 19.3 Å². The van der Waals surface area contributed by atoms with Crippen molar-refractivity contribution in [1.29, 1.82) is 0 Å². The van der Waals surface area contributed by atoms with Crippen molar-refractivity contribution in [2.45, 2.75) is 62.6 Å². The molecule has 2 bridgehead atoms. The van der Waals surface area contributed by atoms with Gasteiger partial charge in [-0.15, -0.1) is 0 Å². The van der Waals surface area contributed by atoms with Crippen molar-refractivity contribution in [2.75, 3.05) is 6.61 Å². The number of aliphatic hydroxyl groups excluding tert-OH is 1. The zero-order chi connectivity index (χ0) is 17.1. The second-order valence-electron chi connectivity index (χ2n) is 5.78. The van der Waals surface area contributed by atoms with E-state index in [4.69, 9.17) is 19.3 Å². The molecule has 0 radical (unpaired) electrons. The van der Waals surface area contributed by atoms with Crippen LogP contribution in [0.1, 0.15) is 44.9 Å². The molecule has 130 valence electrons. The van der Waals surface area contributed by atoms with Gasteiger partial charge in [0.2, 0.25) is 6.10 Å². The maximum absolute atomic E-state index is 11.9. The van der Waals surface area contributed by atoms with Gasteiger partial charge in [0.25, 0.3) is 0 Å². The molecule has 3 atom stereocenters. The Balaban J connectivity index is 2.14. The summed E-state index contributed by atoms with van der Waals surface area (Å²) in [5.41, 5.74) is -2.40. The topological polar surface area (TPSA) is 140 Å². The van der Waals surface area contributed by atoms with Gasteiger partial charge in [-0.1, -0.05) is 12.8 Å². The summed E-state index contributed by atoms with van der Waals surface area (Å²) < 4.78 is 14.5. The van der Waals surface area contributed by atoms with Crippen LogP contribution in [-0.4, -0.2) is 57.5 Å². The average Bonchev–Trinajstić information content (AvgIpc) is 2.49. The standard InChI is InChI=1S/C14H20O9/c15-6-4-2-1-3-5-9-14(20)22-11(17)8-13(19,12(18)23-14)7-10(16)21-9/h9,15,19-20H,1-8H2. The summed E-state index contributed by atoms with van der Waals surface area (Å²) in [5, 5.41) is 29.1. The maximum Gasteiger partial charge on any atom is 0.413 e. The molecule has 3 N–H and O–H groups in total. The van der Waals surface area contributed by atoms with Crippen molar-refractivity contribution in [3.05, 3.63) is 0 Å². The number of carbonyl (C=O) groups is 3. The predicted octanol–water partition coefficient (Wildman–Crippen LogP) is -0.888. The Bertz CT molecular complexity index is 491. The summed E-state index contributed by atoms with van der Waals surface area (Å²) in [4.78, 5) is 35.5. The lowest BCUT2D eigenvalue weighted by atomic mass is 9.95. The fourth-order valence-corrected chi connectivity index (χ4v) is 2.57. The Hall–Kier alpha value is -1.71. The van der Waals surface area contributed by atoms with Crippen LogP contribution in [0, 0.1) is 0 Å². The SMILES string of the molecule is O=C1CC2(O)CC(=O)OC(O)(OC2=O)C(CCCCCCO)O1. The minimum absolute atomic E-state index is 0.0656. The molecule has 2 aliphatic heterocycles. The van der Waals surface area contributed by atoms with Crippen LogP contribution in [0.2, 0.25) is 0 Å². The van der Waals surface area contributed by atoms with Crippen LogP contribution in [0.15, 0.2) is 0 Å². The van der Waals surface area contributed by atoms with Crippen molar-refractivity contribution >= 4 is 17.9 Å². The van der Waals surface area contributed by atoms with E-state index in [1.165, 1.54) is 0 Å².